The molecule has 1 aromatic heterocycles. The number of aryl methyl sites for hydroxylation is 1. The first-order chi connectivity index (χ1) is 24.1. The van der Waals surface area contributed by atoms with Crippen molar-refractivity contribution in [1.29, 1.82) is 0 Å². The molecule has 1 saturated carbocycles. The van der Waals surface area contributed by atoms with Crippen LogP contribution in [0.1, 0.15) is 80.7 Å². The molecule has 0 radical (unpaired) electrons. The minimum Gasteiger partial charge on any atom is -0.496 e. The summed E-state index contributed by atoms with van der Waals surface area (Å²) in [5.74, 6) is 3.97. The summed E-state index contributed by atoms with van der Waals surface area (Å²) in [4.78, 5) is 30.3. The molecule has 2 aliphatic heterocycles. The molecule has 3 aromatic carbocycles. The molecule has 0 bridgehead atoms. The number of ether oxygens (including phenoxy) is 2. The number of rotatable bonds is 13. The number of fused-ring (bicyclic) bond motifs is 1. The van der Waals surface area contributed by atoms with Crippen molar-refractivity contribution in [1.82, 2.24) is 14.9 Å². The number of benzene rings is 3. The molecule has 49 heavy (non-hydrogen) atoms. The van der Waals surface area contributed by atoms with Gasteiger partial charge in [0, 0.05) is 49.2 Å². The van der Waals surface area contributed by atoms with Gasteiger partial charge in [-0.25, -0.2) is 9.97 Å². The molecule has 8 heteroatoms. The van der Waals surface area contributed by atoms with E-state index in [2.05, 4.69) is 87.5 Å². The van der Waals surface area contributed by atoms with Gasteiger partial charge in [-0.2, -0.15) is 0 Å². The molecule has 3 aliphatic rings. The third kappa shape index (κ3) is 8.01. The van der Waals surface area contributed by atoms with Gasteiger partial charge in [0.05, 0.1) is 25.8 Å². The summed E-state index contributed by atoms with van der Waals surface area (Å²) in [6.45, 7) is 7.40. The van der Waals surface area contributed by atoms with Gasteiger partial charge in [0.1, 0.15) is 17.4 Å². The van der Waals surface area contributed by atoms with Crippen molar-refractivity contribution in [2.24, 2.45) is 0 Å². The smallest absolute Gasteiger partial charge is 0.320 e. The number of hydrogen-bond donors (Lipinski definition) is 0. The van der Waals surface area contributed by atoms with E-state index in [1.807, 2.05) is 6.92 Å². The molecule has 8 nitrogen and oxygen atoms in total. The zero-order chi connectivity index (χ0) is 33.6. The molecule has 7 rings (SSSR count). The molecule has 4 aromatic rings. The van der Waals surface area contributed by atoms with Crippen molar-refractivity contribution in [2.45, 2.75) is 76.2 Å². The highest BCUT2D eigenvalue weighted by Crippen LogP contribution is 2.42. The first-order valence-corrected chi connectivity index (χ1v) is 18.5. The van der Waals surface area contributed by atoms with E-state index in [1.165, 1.54) is 29.7 Å². The van der Waals surface area contributed by atoms with Crippen LogP contribution in [-0.2, 0) is 16.0 Å². The van der Waals surface area contributed by atoms with E-state index >= 15 is 0 Å². The van der Waals surface area contributed by atoms with Gasteiger partial charge in [0.2, 0.25) is 0 Å². The van der Waals surface area contributed by atoms with Crippen molar-refractivity contribution in [3.8, 4) is 5.75 Å². The number of carbonyl (C=O) groups excluding carboxylic acids is 1. The lowest BCUT2D eigenvalue weighted by Crippen LogP contribution is -2.47. The Balaban J connectivity index is 1.05. The zero-order valence-electron chi connectivity index (χ0n) is 29.2. The number of para-hydroxylation sites is 1. The first-order valence-electron chi connectivity index (χ1n) is 18.5. The van der Waals surface area contributed by atoms with E-state index in [0.717, 1.165) is 99.5 Å². The van der Waals surface area contributed by atoms with E-state index in [1.54, 1.807) is 7.11 Å². The van der Waals surface area contributed by atoms with Crippen molar-refractivity contribution in [3.63, 3.8) is 0 Å². The molecule has 0 atom stereocenters. The van der Waals surface area contributed by atoms with Gasteiger partial charge in [-0.1, -0.05) is 48.5 Å². The standard InChI is InChI=1S/C41H51N5O3/c1-3-49-39(47)29-46(23-9-12-30-10-5-4-6-11-30)33-21-26-44(27-22-33)34-17-18-37-36(28-34)41(43-40(42-37)32-15-16-32)45-24-19-31(20-25-45)35-13-7-8-14-38(35)48-2/h4-8,10-11,13-14,17-18,28,31-33H,3,9,12,15-16,19-27,29H2,1-2H3. The van der Waals surface area contributed by atoms with E-state index < -0.39 is 0 Å². The summed E-state index contributed by atoms with van der Waals surface area (Å²) in [7, 11) is 1.77. The maximum Gasteiger partial charge on any atom is 0.320 e. The van der Waals surface area contributed by atoms with Gasteiger partial charge in [-0.15, -0.1) is 0 Å². The number of nitrogens with zero attached hydrogens (tertiary/aromatic N) is 5. The zero-order valence-corrected chi connectivity index (χ0v) is 29.2. The van der Waals surface area contributed by atoms with E-state index in [4.69, 9.17) is 19.4 Å². The molecule has 3 heterocycles. The third-order valence-corrected chi connectivity index (χ3v) is 10.7. The fourth-order valence-electron chi connectivity index (χ4n) is 7.87. The number of aromatic nitrogens is 2. The van der Waals surface area contributed by atoms with E-state index in [-0.39, 0.29) is 5.97 Å². The summed E-state index contributed by atoms with van der Waals surface area (Å²) in [6, 6.07) is 26.3. The van der Waals surface area contributed by atoms with Crippen LogP contribution >= 0.6 is 0 Å². The van der Waals surface area contributed by atoms with E-state index in [9.17, 15) is 4.79 Å². The van der Waals surface area contributed by atoms with Crippen LogP contribution in [0.5, 0.6) is 5.75 Å². The minimum atomic E-state index is -0.121. The Morgan fingerprint density at radius 1 is 0.837 bits per heavy atom. The van der Waals surface area contributed by atoms with Crippen LogP contribution < -0.4 is 14.5 Å². The molecular weight excluding hydrogens is 610 g/mol. The molecule has 258 valence electrons. The van der Waals surface area contributed by atoms with Crippen LogP contribution in [-0.4, -0.2) is 79.9 Å². The minimum absolute atomic E-state index is 0.121. The van der Waals surface area contributed by atoms with Crippen molar-refractivity contribution in [3.05, 3.63) is 89.7 Å². The van der Waals surface area contributed by atoms with Crippen molar-refractivity contribution < 1.29 is 14.3 Å². The molecule has 3 fully saturated rings. The molecule has 0 unspecified atom stereocenters. The van der Waals surface area contributed by atoms with Gasteiger partial charge < -0.3 is 19.3 Å². The summed E-state index contributed by atoms with van der Waals surface area (Å²) in [6.07, 6.45) is 8.60. The maximum atomic E-state index is 12.6. The quantitative estimate of drug-likeness (QED) is 0.138. The lowest BCUT2D eigenvalue weighted by Gasteiger charge is -2.39. The van der Waals surface area contributed by atoms with Crippen molar-refractivity contribution >= 4 is 28.4 Å². The lowest BCUT2D eigenvalue weighted by molar-refractivity contribution is -0.145. The number of piperidine rings is 2. The summed E-state index contributed by atoms with van der Waals surface area (Å²) in [5, 5.41) is 1.16. The Labute approximate surface area is 291 Å². The monoisotopic (exact) mass is 661 g/mol. The van der Waals surface area contributed by atoms with Crippen LogP contribution in [0.25, 0.3) is 10.9 Å². The molecule has 0 amide bonds. The average molecular weight is 662 g/mol. The summed E-state index contributed by atoms with van der Waals surface area (Å²) >= 11 is 0. The van der Waals surface area contributed by atoms with Gasteiger partial charge in [-0.05, 0) is 106 Å². The number of carbonyl (C=O) groups is 1. The molecule has 2 saturated heterocycles. The normalized spacial score (nSPS) is 17.5. The maximum absolute atomic E-state index is 12.6. The highest BCUT2D eigenvalue weighted by Gasteiger charge is 2.31. The largest absolute Gasteiger partial charge is 0.496 e. The van der Waals surface area contributed by atoms with Crippen LogP contribution in [0.4, 0.5) is 11.5 Å². The number of esters is 1. The Morgan fingerprint density at radius 3 is 2.31 bits per heavy atom. The van der Waals surface area contributed by atoms with E-state index in [0.29, 0.717) is 31.0 Å². The van der Waals surface area contributed by atoms with Gasteiger partial charge in [-0.3, -0.25) is 9.69 Å². The highest BCUT2D eigenvalue weighted by molar-refractivity contribution is 5.92. The van der Waals surface area contributed by atoms with Crippen LogP contribution in [0.15, 0.2) is 72.8 Å². The highest BCUT2D eigenvalue weighted by atomic mass is 16.5. The summed E-state index contributed by atoms with van der Waals surface area (Å²) in [5.41, 5.74) is 4.95. The molecule has 0 N–H and O–H groups in total. The predicted octanol–water partition coefficient (Wildman–Crippen LogP) is 7.37. The second-order valence-corrected chi connectivity index (χ2v) is 14.0. The average Bonchev–Trinajstić information content (AvgIpc) is 4.01. The second-order valence-electron chi connectivity index (χ2n) is 14.0. The van der Waals surface area contributed by atoms with Gasteiger partial charge >= 0.3 is 5.97 Å². The molecule has 1 aliphatic carbocycles. The Hall–Kier alpha value is -4.17. The molecule has 0 spiro atoms. The predicted molar refractivity (Wildman–Crippen MR) is 197 cm³/mol. The SMILES string of the molecule is CCOC(=O)CN(CCCc1ccccc1)C1CCN(c2ccc3nc(C4CC4)nc(N4CCC(c5ccccc5OC)CC4)c3c2)CC1. The first kappa shape index (κ1) is 33.3. The number of anilines is 2. The molecular formula is C41H51N5O3. The number of hydrogen-bond acceptors (Lipinski definition) is 8. The van der Waals surface area contributed by atoms with Crippen LogP contribution in [0.3, 0.4) is 0 Å². The second kappa shape index (κ2) is 15.6. The van der Waals surface area contributed by atoms with Crippen LogP contribution in [0, 0.1) is 0 Å². The fourth-order valence-corrected chi connectivity index (χ4v) is 7.87. The topological polar surface area (TPSA) is 71.0 Å². The Kier molecular flexibility index (Phi) is 10.6. The summed E-state index contributed by atoms with van der Waals surface area (Å²) < 4.78 is 11.1. The van der Waals surface area contributed by atoms with Gasteiger partial charge in [0.15, 0.2) is 0 Å². The fraction of sp³-hybridized carbons (Fsp3) is 0.488. The Bertz CT molecular complexity index is 1690. The van der Waals surface area contributed by atoms with Crippen molar-refractivity contribution in [2.75, 3.05) is 62.8 Å². The van der Waals surface area contributed by atoms with Crippen LogP contribution in [0.2, 0.25) is 0 Å². The number of methoxy groups -OCH3 is 1. The third-order valence-electron chi connectivity index (χ3n) is 10.7. The lowest BCUT2D eigenvalue weighted by atomic mass is 9.88. The Morgan fingerprint density at radius 2 is 1.57 bits per heavy atom. The van der Waals surface area contributed by atoms with Gasteiger partial charge in [0.25, 0.3) is 0 Å².